The Balaban J connectivity index is 1.44. The van der Waals surface area contributed by atoms with Gasteiger partial charge in [-0.05, 0) is 19.2 Å². The fourth-order valence-electron chi connectivity index (χ4n) is 5.05. The number of benzene rings is 2. The number of hydrogen-bond donors (Lipinski definition) is 1. The first-order chi connectivity index (χ1) is 18.4. The zero-order valence-corrected chi connectivity index (χ0v) is 23.7. The monoisotopic (exact) mass is 580 g/mol. The lowest BCUT2D eigenvalue weighted by Crippen LogP contribution is -2.45. The summed E-state index contributed by atoms with van der Waals surface area (Å²) in [4.78, 5) is 32.1. The molecule has 1 N–H and O–H groups in total. The molecule has 3 aliphatic rings. The Bertz CT molecular complexity index is 1280. The van der Waals surface area contributed by atoms with Gasteiger partial charge in [-0.3, -0.25) is 14.5 Å². The molecule has 1 atom stereocenters. The molecule has 1 unspecified atom stereocenters. The van der Waals surface area contributed by atoms with Crippen LogP contribution < -0.4 is 14.3 Å². The van der Waals surface area contributed by atoms with Crippen LogP contribution >= 0.6 is 30.9 Å². The standard InChI is InChI=1S/C26H31Cl2N4O5P/c1-30-11-13-31(14-12-30)15-16-36-21-4-2-3-19-22(21)25(34)23-20(24(19)33)6-5-18-17-29-38(35,37-26(18)23)32(9-7-27)10-8-28/h2-6H,7-17H2,1H3,(H,29,35). The van der Waals surface area contributed by atoms with Gasteiger partial charge in [0.15, 0.2) is 5.78 Å². The molecule has 204 valence electrons. The first kappa shape index (κ1) is 27.6. The van der Waals surface area contributed by atoms with Crippen LogP contribution in [0.3, 0.4) is 0 Å². The summed E-state index contributed by atoms with van der Waals surface area (Å²) in [5, 5.41) is 2.96. The molecule has 2 heterocycles. The normalized spacial score (nSPS) is 21.6. The van der Waals surface area contributed by atoms with E-state index in [2.05, 4.69) is 21.9 Å². The quantitative estimate of drug-likeness (QED) is 0.302. The van der Waals surface area contributed by atoms with E-state index in [1.54, 1.807) is 35.0 Å². The lowest BCUT2D eigenvalue weighted by Gasteiger charge is -2.36. The number of carbonyl (C=O) groups is 2. The molecule has 1 aliphatic carbocycles. The van der Waals surface area contributed by atoms with Gasteiger partial charge in [0.05, 0.1) is 11.1 Å². The van der Waals surface area contributed by atoms with Crippen LogP contribution in [0.5, 0.6) is 11.5 Å². The minimum atomic E-state index is -3.61. The number of nitrogens with one attached hydrogen (secondary N) is 1. The summed E-state index contributed by atoms with van der Waals surface area (Å²) < 4.78 is 27.5. The van der Waals surface area contributed by atoms with Crippen LogP contribution in [0.15, 0.2) is 30.3 Å². The number of alkyl halides is 2. The molecule has 5 rings (SSSR count). The van der Waals surface area contributed by atoms with Gasteiger partial charge in [-0.1, -0.05) is 18.2 Å². The van der Waals surface area contributed by atoms with E-state index in [4.69, 9.17) is 32.5 Å². The smallest absolute Gasteiger partial charge is 0.393 e. The van der Waals surface area contributed by atoms with Gasteiger partial charge in [0, 0.05) is 80.8 Å². The predicted octanol–water partition coefficient (Wildman–Crippen LogP) is 3.46. The zero-order chi connectivity index (χ0) is 26.9. The summed E-state index contributed by atoms with van der Waals surface area (Å²) in [6.07, 6.45) is 0. The number of piperazine rings is 1. The van der Waals surface area contributed by atoms with E-state index in [1.807, 2.05) is 0 Å². The molecule has 0 aromatic heterocycles. The second kappa shape index (κ2) is 11.6. The lowest BCUT2D eigenvalue weighted by molar-refractivity contribution is 0.0971. The number of likely N-dealkylation sites (N-methyl/N-ethyl adjacent to an activating group) is 1. The second-order valence-electron chi connectivity index (χ2n) is 9.58. The number of hydrogen-bond acceptors (Lipinski definition) is 7. The van der Waals surface area contributed by atoms with Crippen molar-refractivity contribution in [1.82, 2.24) is 19.6 Å². The fraction of sp³-hybridized carbons (Fsp3) is 0.462. The van der Waals surface area contributed by atoms with Crippen LogP contribution in [0.2, 0.25) is 0 Å². The fourth-order valence-corrected chi connectivity index (χ4v) is 7.63. The highest BCUT2D eigenvalue weighted by atomic mass is 35.5. The molecular weight excluding hydrogens is 550 g/mol. The van der Waals surface area contributed by atoms with Crippen molar-refractivity contribution in [2.45, 2.75) is 6.54 Å². The third kappa shape index (κ3) is 5.26. The molecule has 1 saturated heterocycles. The van der Waals surface area contributed by atoms with Gasteiger partial charge in [-0.2, -0.15) is 0 Å². The average molecular weight is 581 g/mol. The number of ether oxygens (including phenoxy) is 1. The summed E-state index contributed by atoms with van der Waals surface area (Å²) in [6, 6.07) is 8.44. The van der Waals surface area contributed by atoms with Gasteiger partial charge in [0.25, 0.3) is 0 Å². The molecule has 0 bridgehead atoms. The lowest BCUT2D eigenvalue weighted by atomic mass is 9.82. The Hall–Kier alpha value is -1.97. The molecule has 2 aliphatic heterocycles. The highest BCUT2D eigenvalue weighted by molar-refractivity contribution is 7.54. The number of rotatable bonds is 9. The van der Waals surface area contributed by atoms with E-state index < -0.39 is 7.67 Å². The zero-order valence-electron chi connectivity index (χ0n) is 21.3. The molecule has 0 amide bonds. The molecule has 12 heteroatoms. The molecule has 0 saturated carbocycles. The van der Waals surface area contributed by atoms with E-state index in [0.29, 0.717) is 23.5 Å². The average Bonchev–Trinajstić information content (AvgIpc) is 2.92. The third-order valence-electron chi connectivity index (χ3n) is 7.21. The van der Waals surface area contributed by atoms with Gasteiger partial charge < -0.3 is 14.2 Å². The second-order valence-corrected chi connectivity index (χ2v) is 12.4. The van der Waals surface area contributed by atoms with Crippen molar-refractivity contribution < 1.29 is 23.4 Å². The Morgan fingerprint density at radius 2 is 1.71 bits per heavy atom. The van der Waals surface area contributed by atoms with Gasteiger partial charge in [0.1, 0.15) is 18.1 Å². The van der Waals surface area contributed by atoms with E-state index in [1.165, 1.54) is 0 Å². The summed E-state index contributed by atoms with van der Waals surface area (Å²) >= 11 is 11.9. The Kier molecular flexibility index (Phi) is 8.45. The number of nitrogens with zero attached hydrogens (tertiary/aromatic N) is 3. The largest absolute Gasteiger partial charge is 0.491 e. The first-order valence-corrected chi connectivity index (χ1v) is 15.3. The van der Waals surface area contributed by atoms with E-state index in [0.717, 1.165) is 32.7 Å². The number of ketones is 2. The van der Waals surface area contributed by atoms with Crippen LogP contribution in [0.1, 0.15) is 37.4 Å². The van der Waals surface area contributed by atoms with Gasteiger partial charge in [-0.25, -0.2) is 14.3 Å². The summed E-state index contributed by atoms with van der Waals surface area (Å²) in [7, 11) is -1.50. The van der Waals surface area contributed by atoms with Crippen molar-refractivity contribution in [1.29, 1.82) is 0 Å². The SMILES string of the molecule is CN1CCN(CCOc2cccc3c2C(=O)c2c(ccc4c2OP(=O)(N(CCCl)CCCl)NC4)C3=O)CC1. The maximum absolute atomic E-state index is 14.0. The highest BCUT2D eigenvalue weighted by Gasteiger charge is 2.42. The van der Waals surface area contributed by atoms with Crippen molar-refractivity contribution in [3.63, 3.8) is 0 Å². The highest BCUT2D eigenvalue weighted by Crippen LogP contribution is 2.53. The summed E-state index contributed by atoms with van der Waals surface area (Å²) in [6.45, 7) is 5.80. The Morgan fingerprint density at radius 3 is 2.42 bits per heavy atom. The molecule has 9 nitrogen and oxygen atoms in total. The van der Waals surface area contributed by atoms with E-state index in [-0.39, 0.29) is 65.4 Å². The van der Waals surface area contributed by atoms with Crippen LogP contribution in [-0.2, 0) is 11.1 Å². The van der Waals surface area contributed by atoms with Crippen molar-refractivity contribution in [2.24, 2.45) is 0 Å². The topological polar surface area (TPSA) is 91.4 Å². The Labute approximate surface area is 232 Å². The van der Waals surface area contributed by atoms with Crippen LogP contribution in [0.25, 0.3) is 0 Å². The van der Waals surface area contributed by atoms with Gasteiger partial charge >= 0.3 is 7.67 Å². The summed E-state index contributed by atoms with van der Waals surface area (Å²) in [5.74, 6) is 0.307. The maximum atomic E-state index is 14.0. The predicted molar refractivity (Wildman–Crippen MR) is 147 cm³/mol. The molecule has 38 heavy (non-hydrogen) atoms. The molecule has 1 fully saturated rings. The minimum Gasteiger partial charge on any atom is -0.491 e. The van der Waals surface area contributed by atoms with Crippen molar-refractivity contribution in [3.05, 3.63) is 58.1 Å². The van der Waals surface area contributed by atoms with Gasteiger partial charge in [-0.15, -0.1) is 23.2 Å². The minimum absolute atomic E-state index is 0.119. The molecule has 2 aromatic rings. The van der Waals surface area contributed by atoms with Crippen molar-refractivity contribution >= 4 is 42.4 Å². The molecular formula is C26H31Cl2N4O5P. The first-order valence-electron chi connectivity index (χ1n) is 12.7. The van der Waals surface area contributed by atoms with Gasteiger partial charge in [0.2, 0.25) is 5.78 Å². The van der Waals surface area contributed by atoms with E-state index >= 15 is 0 Å². The Morgan fingerprint density at radius 1 is 1.00 bits per heavy atom. The number of fused-ring (bicyclic) bond motifs is 4. The van der Waals surface area contributed by atoms with Crippen LogP contribution in [-0.4, -0.2) is 97.3 Å². The van der Waals surface area contributed by atoms with Crippen molar-refractivity contribution in [3.8, 4) is 11.5 Å². The molecule has 0 radical (unpaired) electrons. The van der Waals surface area contributed by atoms with Crippen LogP contribution in [0, 0.1) is 0 Å². The maximum Gasteiger partial charge on any atom is 0.393 e. The number of halogens is 2. The van der Waals surface area contributed by atoms with Crippen LogP contribution in [0.4, 0.5) is 0 Å². The summed E-state index contributed by atoms with van der Waals surface area (Å²) in [5.41, 5.74) is 1.50. The molecule has 2 aromatic carbocycles. The van der Waals surface area contributed by atoms with E-state index in [9.17, 15) is 14.2 Å². The van der Waals surface area contributed by atoms with Crippen molar-refractivity contribution in [2.75, 3.05) is 71.2 Å². The molecule has 0 spiro atoms. The number of carbonyl (C=O) groups excluding carboxylic acids is 2. The third-order valence-corrected chi connectivity index (χ3v) is 9.68.